The summed E-state index contributed by atoms with van der Waals surface area (Å²) in [5.41, 5.74) is 0.166. The van der Waals surface area contributed by atoms with Gasteiger partial charge in [0.25, 0.3) is 0 Å². The monoisotopic (exact) mass is 311 g/mol. The SMILES string of the molecule is Cc1cc(OC(F)(F)F)ccc1S(=O)(=O)NC1COC1. The van der Waals surface area contributed by atoms with Crippen LogP contribution in [0.3, 0.4) is 0 Å². The number of nitrogens with one attached hydrogen (secondary N) is 1. The van der Waals surface area contributed by atoms with Crippen molar-refractivity contribution in [3.8, 4) is 5.75 Å². The zero-order chi connectivity index (χ0) is 15.0. The molecule has 20 heavy (non-hydrogen) atoms. The summed E-state index contributed by atoms with van der Waals surface area (Å²) in [6, 6.07) is 2.77. The molecule has 0 saturated carbocycles. The first-order valence-electron chi connectivity index (χ1n) is 5.64. The van der Waals surface area contributed by atoms with Crippen LogP contribution in [0.15, 0.2) is 23.1 Å². The molecule has 1 fully saturated rings. The van der Waals surface area contributed by atoms with Crippen LogP contribution in [0.5, 0.6) is 5.75 Å². The van der Waals surface area contributed by atoms with Gasteiger partial charge in [-0.2, -0.15) is 0 Å². The number of halogens is 3. The minimum Gasteiger partial charge on any atom is -0.406 e. The first-order chi connectivity index (χ1) is 9.17. The van der Waals surface area contributed by atoms with Crippen LogP contribution >= 0.6 is 0 Å². The first kappa shape index (κ1) is 15.1. The minimum absolute atomic E-state index is 0.0843. The molecule has 112 valence electrons. The van der Waals surface area contributed by atoms with Crippen molar-refractivity contribution in [3.05, 3.63) is 23.8 Å². The Morgan fingerprint density at radius 3 is 2.45 bits per heavy atom. The largest absolute Gasteiger partial charge is 0.573 e. The highest BCUT2D eigenvalue weighted by molar-refractivity contribution is 7.89. The molecule has 1 aliphatic heterocycles. The highest BCUT2D eigenvalue weighted by atomic mass is 32.2. The third-order valence-electron chi connectivity index (χ3n) is 2.63. The normalized spacial score (nSPS) is 16.8. The van der Waals surface area contributed by atoms with Crippen LogP contribution in [-0.2, 0) is 14.8 Å². The molecule has 1 heterocycles. The molecule has 0 spiro atoms. The van der Waals surface area contributed by atoms with E-state index < -0.39 is 22.1 Å². The molecule has 2 rings (SSSR count). The number of hydrogen-bond donors (Lipinski definition) is 1. The lowest BCUT2D eigenvalue weighted by molar-refractivity contribution is -0.274. The second kappa shape index (κ2) is 5.23. The summed E-state index contributed by atoms with van der Waals surface area (Å²) in [6.45, 7) is 1.97. The fraction of sp³-hybridized carbons (Fsp3) is 0.455. The van der Waals surface area contributed by atoms with Gasteiger partial charge in [0.15, 0.2) is 0 Å². The summed E-state index contributed by atoms with van der Waals surface area (Å²) in [6.07, 6.45) is -4.81. The molecule has 1 N–H and O–H groups in total. The summed E-state index contributed by atoms with van der Waals surface area (Å²) in [5, 5.41) is 0. The third kappa shape index (κ3) is 3.62. The van der Waals surface area contributed by atoms with Gasteiger partial charge >= 0.3 is 6.36 Å². The Morgan fingerprint density at radius 2 is 2.00 bits per heavy atom. The molecule has 0 bridgehead atoms. The van der Waals surface area contributed by atoms with Crippen molar-refractivity contribution < 1.29 is 31.1 Å². The molecule has 1 aliphatic rings. The lowest BCUT2D eigenvalue weighted by Gasteiger charge is -2.26. The lowest BCUT2D eigenvalue weighted by atomic mass is 10.2. The second-order valence-corrected chi connectivity index (χ2v) is 6.01. The van der Waals surface area contributed by atoms with Crippen molar-refractivity contribution in [2.24, 2.45) is 0 Å². The number of sulfonamides is 1. The van der Waals surface area contributed by atoms with Gasteiger partial charge < -0.3 is 9.47 Å². The number of ether oxygens (including phenoxy) is 2. The summed E-state index contributed by atoms with van der Waals surface area (Å²) >= 11 is 0. The Morgan fingerprint density at radius 1 is 1.35 bits per heavy atom. The Hall–Kier alpha value is -1.32. The molecular weight excluding hydrogens is 299 g/mol. The Kier molecular flexibility index (Phi) is 3.94. The summed E-state index contributed by atoms with van der Waals surface area (Å²) in [4.78, 5) is -0.0843. The van der Waals surface area contributed by atoms with E-state index in [4.69, 9.17) is 4.74 Å². The number of aryl methyl sites for hydroxylation is 1. The molecule has 1 aromatic rings. The highest BCUT2D eigenvalue weighted by Crippen LogP contribution is 2.26. The van der Waals surface area contributed by atoms with Crippen LogP contribution < -0.4 is 9.46 Å². The van der Waals surface area contributed by atoms with E-state index in [1.165, 1.54) is 6.92 Å². The fourth-order valence-corrected chi connectivity index (χ4v) is 3.14. The smallest absolute Gasteiger partial charge is 0.406 e. The standard InChI is InChI=1S/C11H12F3NO4S/c1-7-4-9(19-11(12,13)14)2-3-10(7)20(16,17)15-8-5-18-6-8/h2-4,8,15H,5-6H2,1H3. The third-order valence-corrected chi connectivity index (χ3v) is 4.31. The first-order valence-corrected chi connectivity index (χ1v) is 7.12. The van der Waals surface area contributed by atoms with E-state index in [9.17, 15) is 21.6 Å². The van der Waals surface area contributed by atoms with Gasteiger partial charge in [0.2, 0.25) is 10.0 Å². The van der Waals surface area contributed by atoms with E-state index in [0.717, 1.165) is 18.2 Å². The van der Waals surface area contributed by atoms with Crippen LogP contribution in [0.25, 0.3) is 0 Å². The zero-order valence-electron chi connectivity index (χ0n) is 10.4. The predicted octanol–water partition coefficient (Wildman–Crippen LogP) is 1.57. The van der Waals surface area contributed by atoms with Crippen LogP contribution in [0.4, 0.5) is 13.2 Å². The van der Waals surface area contributed by atoms with Crippen molar-refractivity contribution >= 4 is 10.0 Å². The molecule has 0 amide bonds. The van der Waals surface area contributed by atoms with Crippen molar-refractivity contribution in [2.45, 2.75) is 24.2 Å². The average Bonchev–Trinajstić information content (AvgIpc) is 2.21. The quantitative estimate of drug-likeness (QED) is 0.917. The van der Waals surface area contributed by atoms with Crippen LogP contribution in [0.1, 0.15) is 5.56 Å². The molecule has 0 aromatic heterocycles. The predicted molar refractivity (Wildman–Crippen MR) is 62.8 cm³/mol. The molecule has 0 atom stereocenters. The van der Waals surface area contributed by atoms with Crippen molar-refractivity contribution in [1.82, 2.24) is 4.72 Å². The summed E-state index contributed by atoms with van der Waals surface area (Å²) < 4.78 is 71.2. The molecule has 1 saturated heterocycles. The fourth-order valence-electron chi connectivity index (χ4n) is 1.71. The van der Waals surface area contributed by atoms with E-state index in [1.54, 1.807) is 0 Å². The van der Waals surface area contributed by atoms with Crippen molar-refractivity contribution in [1.29, 1.82) is 0 Å². The number of hydrogen-bond acceptors (Lipinski definition) is 4. The van der Waals surface area contributed by atoms with Gasteiger partial charge in [-0.3, -0.25) is 0 Å². The summed E-state index contributed by atoms with van der Waals surface area (Å²) in [7, 11) is -3.78. The Bertz CT molecular complexity index is 596. The van der Waals surface area contributed by atoms with Gasteiger partial charge in [0.05, 0.1) is 24.2 Å². The van der Waals surface area contributed by atoms with E-state index in [2.05, 4.69) is 9.46 Å². The van der Waals surface area contributed by atoms with Gasteiger partial charge in [-0.25, -0.2) is 13.1 Å². The van der Waals surface area contributed by atoms with Gasteiger partial charge in [0, 0.05) is 0 Å². The van der Waals surface area contributed by atoms with Crippen LogP contribution in [0, 0.1) is 6.92 Å². The molecule has 0 unspecified atom stereocenters. The van der Waals surface area contributed by atoms with E-state index in [-0.39, 0.29) is 29.7 Å². The Labute approximate surface area is 113 Å². The lowest BCUT2D eigenvalue weighted by Crippen LogP contribution is -2.48. The zero-order valence-corrected chi connectivity index (χ0v) is 11.2. The van der Waals surface area contributed by atoms with Gasteiger partial charge in [0.1, 0.15) is 5.75 Å². The maximum Gasteiger partial charge on any atom is 0.573 e. The molecule has 9 heteroatoms. The molecule has 0 aliphatic carbocycles. The van der Waals surface area contributed by atoms with Gasteiger partial charge in [-0.1, -0.05) is 0 Å². The molecular formula is C11H12F3NO4S. The average molecular weight is 311 g/mol. The number of alkyl halides is 3. The maximum atomic E-state index is 12.1. The van der Waals surface area contributed by atoms with E-state index in [0.29, 0.717) is 0 Å². The van der Waals surface area contributed by atoms with Crippen LogP contribution in [0.2, 0.25) is 0 Å². The van der Waals surface area contributed by atoms with Gasteiger partial charge in [-0.05, 0) is 30.7 Å². The second-order valence-electron chi connectivity index (χ2n) is 4.33. The van der Waals surface area contributed by atoms with E-state index in [1.807, 2.05) is 0 Å². The maximum absolute atomic E-state index is 12.1. The van der Waals surface area contributed by atoms with Crippen molar-refractivity contribution in [3.63, 3.8) is 0 Å². The highest BCUT2D eigenvalue weighted by Gasteiger charge is 2.32. The topological polar surface area (TPSA) is 64.6 Å². The number of rotatable bonds is 4. The van der Waals surface area contributed by atoms with Crippen molar-refractivity contribution in [2.75, 3.05) is 13.2 Å². The molecule has 0 radical (unpaired) electrons. The van der Waals surface area contributed by atoms with Gasteiger partial charge in [-0.15, -0.1) is 13.2 Å². The van der Waals surface area contributed by atoms with Crippen LogP contribution in [-0.4, -0.2) is 34.0 Å². The molecule has 1 aromatic carbocycles. The van der Waals surface area contributed by atoms with E-state index >= 15 is 0 Å². The Balaban J connectivity index is 2.20. The summed E-state index contributed by atoms with van der Waals surface area (Å²) in [5.74, 6) is -0.457. The molecule has 5 nitrogen and oxygen atoms in total. The minimum atomic E-state index is -4.81. The number of benzene rings is 1.